The number of piperidine rings is 1. The van der Waals surface area contributed by atoms with Gasteiger partial charge < -0.3 is 15.2 Å². The van der Waals surface area contributed by atoms with E-state index in [1.54, 1.807) is 10.8 Å². The fourth-order valence-electron chi connectivity index (χ4n) is 4.46. The molecule has 0 spiro atoms. The Kier molecular flexibility index (Phi) is 8.11. The standard InChI is InChI=1S/C28H32N4O3/c1-29-27(34)24-19-32(15-12-21-8-4-2-5-9-21)20-25(26(24)33)28(35)30-23-13-16-31(17-14-23)18-22-10-6-3-7-11-22/h2-11,19-20,23H,12-18H2,1H3,(H,29,34)(H,30,35). The number of hydrogen-bond acceptors (Lipinski definition) is 4. The predicted octanol–water partition coefficient (Wildman–Crippen LogP) is 2.85. The number of aromatic nitrogens is 1. The Morgan fingerprint density at radius 1 is 0.857 bits per heavy atom. The normalized spacial score (nSPS) is 14.4. The average Bonchev–Trinajstić information content (AvgIpc) is 2.90. The van der Waals surface area contributed by atoms with E-state index >= 15 is 0 Å². The fraction of sp³-hybridized carbons (Fsp3) is 0.321. The van der Waals surface area contributed by atoms with E-state index in [2.05, 4.69) is 27.7 Å². The number of benzene rings is 2. The van der Waals surface area contributed by atoms with Crippen molar-refractivity contribution in [3.05, 3.63) is 106 Å². The zero-order chi connectivity index (χ0) is 24.6. The highest BCUT2D eigenvalue weighted by Crippen LogP contribution is 2.14. The molecular weight excluding hydrogens is 440 g/mol. The second-order valence-corrected chi connectivity index (χ2v) is 8.98. The summed E-state index contributed by atoms with van der Waals surface area (Å²) in [6.07, 6.45) is 5.45. The number of hydrogen-bond donors (Lipinski definition) is 2. The summed E-state index contributed by atoms with van der Waals surface area (Å²) in [5, 5.41) is 5.54. The number of pyridine rings is 1. The van der Waals surface area contributed by atoms with Crippen molar-refractivity contribution in [3.8, 4) is 0 Å². The molecule has 1 aromatic heterocycles. The molecule has 35 heavy (non-hydrogen) atoms. The first-order valence-corrected chi connectivity index (χ1v) is 12.1. The number of nitrogens with one attached hydrogen (secondary N) is 2. The van der Waals surface area contributed by atoms with Gasteiger partial charge >= 0.3 is 0 Å². The van der Waals surface area contributed by atoms with Gasteiger partial charge in [0, 0.05) is 51.7 Å². The number of rotatable bonds is 8. The zero-order valence-corrected chi connectivity index (χ0v) is 20.1. The summed E-state index contributed by atoms with van der Waals surface area (Å²) in [7, 11) is 1.48. The lowest BCUT2D eigenvalue weighted by Crippen LogP contribution is -2.45. The minimum absolute atomic E-state index is 0.00431. The third kappa shape index (κ3) is 6.45. The summed E-state index contributed by atoms with van der Waals surface area (Å²) >= 11 is 0. The highest BCUT2D eigenvalue weighted by atomic mass is 16.2. The fourth-order valence-corrected chi connectivity index (χ4v) is 4.46. The third-order valence-corrected chi connectivity index (χ3v) is 6.47. The van der Waals surface area contributed by atoms with Gasteiger partial charge in [0.2, 0.25) is 5.43 Å². The molecule has 0 bridgehead atoms. The van der Waals surface area contributed by atoms with Gasteiger partial charge in [-0.3, -0.25) is 19.3 Å². The molecule has 2 N–H and O–H groups in total. The number of likely N-dealkylation sites (tertiary alicyclic amines) is 1. The summed E-state index contributed by atoms with van der Waals surface area (Å²) in [4.78, 5) is 40.8. The lowest BCUT2D eigenvalue weighted by atomic mass is 10.0. The van der Waals surface area contributed by atoms with Crippen LogP contribution in [0.1, 0.15) is 44.7 Å². The number of nitrogens with zero attached hydrogens (tertiary/aromatic N) is 2. The second-order valence-electron chi connectivity index (χ2n) is 8.98. The summed E-state index contributed by atoms with van der Waals surface area (Å²) in [6.45, 7) is 3.19. The molecule has 182 valence electrons. The van der Waals surface area contributed by atoms with Gasteiger partial charge in [0.1, 0.15) is 11.1 Å². The van der Waals surface area contributed by atoms with E-state index in [0.717, 1.165) is 44.5 Å². The van der Waals surface area contributed by atoms with Gasteiger partial charge in [0.05, 0.1) is 0 Å². The molecule has 0 unspecified atom stereocenters. The summed E-state index contributed by atoms with van der Waals surface area (Å²) in [6, 6.07) is 20.3. The number of carbonyl (C=O) groups is 2. The van der Waals surface area contributed by atoms with Gasteiger partial charge in [-0.2, -0.15) is 0 Å². The van der Waals surface area contributed by atoms with Crippen molar-refractivity contribution in [2.75, 3.05) is 20.1 Å². The first-order chi connectivity index (χ1) is 17.0. The maximum Gasteiger partial charge on any atom is 0.256 e. The van der Waals surface area contributed by atoms with Gasteiger partial charge in [-0.1, -0.05) is 60.7 Å². The first-order valence-electron chi connectivity index (χ1n) is 12.1. The quantitative estimate of drug-likeness (QED) is 0.528. The Morgan fingerprint density at radius 2 is 1.43 bits per heavy atom. The maximum atomic E-state index is 13.1. The van der Waals surface area contributed by atoms with Crippen LogP contribution in [0.2, 0.25) is 0 Å². The van der Waals surface area contributed by atoms with Crippen molar-refractivity contribution in [2.24, 2.45) is 0 Å². The highest BCUT2D eigenvalue weighted by Gasteiger charge is 2.24. The van der Waals surface area contributed by atoms with Crippen molar-refractivity contribution in [2.45, 2.75) is 38.4 Å². The molecule has 0 saturated carbocycles. The molecular formula is C28H32N4O3. The molecule has 1 fully saturated rings. The van der Waals surface area contributed by atoms with E-state index < -0.39 is 17.2 Å². The van der Waals surface area contributed by atoms with Crippen LogP contribution >= 0.6 is 0 Å². The minimum Gasteiger partial charge on any atom is -0.355 e. The molecule has 2 aromatic carbocycles. The first kappa shape index (κ1) is 24.4. The largest absolute Gasteiger partial charge is 0.355 e. The van der Waals surface area contributed by atoms with E-state index in [0.29, 0.717) is 6.54 Å². The molecule has 7 nitrogen and oxygen atoms in total. The molecule has 1 saturated heterocycles. The van der Waals surface area contributed by atoms with E-state index in [-0.39, 0.29) is 17.2 Å². The third-order valence-electron chi connectivity index (χ3n) is 6.47. The van der Waals surface area contributed by atoms with E-state index in [1.165, 1.54) is 18.8 Å². The van der Waals surface area contributed by atoms with Crippen molar-refractivity contribution < 1.29 is 9.59 Å². The second kappa shape index (κ2) is 11.6. The molecule has 1 aliphatic rings. The Balaban J connectivity index is 1.43. The van der Waals surface area contributed by atoms with Gasteiger partial charge in [0.15, 0.2) is 0 Å². The van der Waals surface area contributed by atoms with Crippen LogP contribution in [0.3, 0.4) is 0 Å². The summed E-state index contributed by atoms with van der Waals surface area (Å²) in [5.74, 6) is -0.914. The van der Waals surface area contributed by atoms with Crippen molar-refractivity contribution in [1.29, 1.82) is 0 Å². The van der Waals surface area contributed by atoms with Crippen LogP contribution in [-0.4, -0.2) is 47.5 Å². The molecule has 0 radical (unpaired) electrons. The minimum atomic E-state index is -0.542. The van der Waals surface area contributed by atoms with Crippen molar-refractivity contribution in [1.82, 2.24) is 20.1 Å². The Morgan fingerprint density at radius 3 is 2.03 bits per heavy atom. The molecule has 1 aliphatic heterocycles. The molecule has 7 heteroatoms. The molecule has 0 atom stereocenters. The number of aryl methyl sites for hydroxylation is 2. The smallest absolute Gasteiger partial charge is 0.256 e. The lowest BCUT2D eigenvalue weighted by molar-refractivity contribution is 0.0907. The van der Waals surface area contributed by atoms with Gasteiger partial charge in [-0.15, -0.1) is 0 Å². The molecule has 2 heterocycles. The van der Waals surface area contributed by atoms with Crippen molar-refractivity contribution >= 4 is 11.8 Å². The van der Waals surface area contributed by atoms with Crippen LogP contribution in [0, 0.1) is 0 Å². The number of amides is 2. The SMILES string of the molecule is CNC(=O)c1cn(CCc2ccccc2)cc(C(=O)NC2CCN(Cc3ccccc3)CC2)c1=O. The topological polar surface area (TPSA) is 83.4 Å². The van der Waals surface area contributed by atoms with Gasteiger partial charge in [-0.05, 0) is 30.4 Å². The highest BCUT2D eigenvalue weighted by molar-refractivity contribution is 5.99. The Labute approximate surface area is 205 Å². The van der Waals surface area contributed by atoms with Gasteiger partial charge in [-0.25, -0.2) is 0 Å². The number of carbonyl (C=O) groups excluding carboxylic acids is 2. The van der Waals surface area contributed by atoms with Crippen LogP contribution in [0.25, 0.3) is 0 Å². The van der Waals surface area contributed by atoms with E-state index in [4.69, 9.17) is 0 Å². The van der Waals surface area contributed by atoms with Crippen LogP contribution in [0.4, 0.5) is 0 Å². The summed E-state index contributed by atoms with van der Waals surface area (Å²) in [5.41, 5.74) is 1.86. The molecule has 0 aliphatic carbocycles. The predicted molar refractivity (Wildman–Crippen MR) is 136 cm³/mol. The van der Waals surface area contributed by atoms with Gasteiger partial charge in [0.25, 0.3) is 11.8 Å². The van der Waals surface area contributed by atoms with E-state index in [1.807, 2.05) is 48.5 Å². The van der Waals surface area contributed by atoms with Crippen LogP contribution in [-0.2, 0) is 19.5 Å². The maximum absolute atomic E-state index is 13.1. The molecule has 4 rings (SSSR count). The average molecular weight is 473 g/mol. The molecule has 3 aromatic rings. The van der Waals surface area contributed by atoms with E-state index in [9.17, 15) is 14.4 Å². The lowest BCUT2D eigenvalue weighted by Gasteiger charge is -2.32. The van der Waals surface area contributed by atoms with Crippen LogP contribution in [0.15, 0.2) is 77.9 Å². The van der Waals surface area contributed by atoms with Crippen LogP contribution in [0.5, 0.6) is 0 Å². The Hall–Kier alpha value is -3.71. The van der Waals surface area contributed by atoms with Crippen molar-refractivity contribution in [3.63, 3.8) is 0 Å². The monoisotopic (exact) mass is 472 g/mol. The zero-order valence-electron chi connectivity index (χ0n) is 20.1. The Bertz CT molecular complexity index is 1200. The van der Waals surface area contributed by atoms with Crippen LogP contribution < -0.4 is 16.1 Å². The molecule has 2 amide bonds. The summed E-state index contributed by atoms with van der Waals surface area (Å²) < 4.78 is 1.76.